The van der Waals surface area contributed by atoms with Gasteiger partial charge in [0.2, 0.25) is 6.79 Å². The average Bonchev–Trinajstić information content (AvgIpc) is 3.34. The highest BCUT2D eigenvalue weighted by Crippen LogP contribution is 2.36. The number of nitrogens with zero attached hydrogens (tertiary/aromatic N) is 1. The van der Waals surface area contributed by atoms with Crippen LogP contribution in [-0.4, -0.2) is 17.9 Å². The van der Waals surface area contributed by atoms with Crippen LogP contribution in [0, 0.1) is 0 Å². The van der Waals surface area contributed by atoms with Crippen LogP contribution in [-0.2, 0) is 16.1 Å². The Morgan fingerprint density at radius 2 is 1.92 bits per heavy atom. The normalized spacial score (nSPS) is 12.5. The Labute approximate surface area is 149 Å². The van der Waals surface area contributed by atoms with Crippen molar-refractivity contribution in [1.29, 1.82) is 0 Å². The molecule has 2 heterocycles. The smallest absolute Gasteiger partial charge is 0.331 e. The number of hydrogen-bond donors (Lipinski definition) is 0. The molecule has 0 aliphatic carbocycles. The van der Waals surface area contributed by atoms with E-state index < -0.39 is 5.97 Å². The van der Waals surface area contributed by atoms with Crippen LogP contribution in [0.15, 0.2) is 65.2 Å². The maximum absolute atomic E-state index is 11.8. The minimum atomic E-state index is -0.443. The van der Waals surface area contributed by atoms with E-state index in [-0.39, 0.29) is 13.4 Å². The third-order valence-electron chi connectivity index (χ3n) is 3.79. The fourth-order valence-corrected chi connectivity index (χ4v) is 2.49. The van der Waals surface area contributed by atoms with Gasteiger partial charge in [-0.1, -0.05) is 35.5 Å². The summed E-state index contributed by atoms with van der Waals surface area (Å²) in [5.74, 6) is 1.49. The van der Waals surface area contributed by atoms with E-state index in [4.69, 9.17) is 18.7 Å². The summed E-state index contributed by atoms with van der Waals surface area (Å²) in [6.45, 7) is 0.249. The Morgan fingerprint density at radius 1 is 1.08 bits per heavy atom. The maximum atomic E-state index is 11.8. The third-order valence-corrected chi connectivity index (χ3v) is 3.79. The Hall–Kier alpha value is -3.54. The molecule has 2 aromatic carbocycles. The molecule has 6 heteroatoms. The zero-order chi connectivity index (χ0) is 17.8. The summed E-state index contributed by atoms with van der Waals surface area (Å²) in [6.07, 6.45) is 3.08. The van der Waals surface area contributed by atoms with Crippen LogP contribution >= 0.6 is 0 Å². The zero-order valence-corrected chi connectivity index (χ0v) is 13.8. The number of fused-ring (bicyclic) bond motifs is 1. The molecule has 0 saturated carbocycles. The van der Waals surface area contributed by atoms with E-state index in [0.29, 0.717) is 23.0 Å². The summed E-state index contributed by atoms with van der Waals surface area (Å²) in [6, 6.07) is 16.7. The van der Waals surface area contributed by atoms with Crippen molar-refractivity contribution >= 4 is 12.0 Å². The molecule has 6 nitrogen and oxygen atoms in total. The molecular weight excluding hydrogens is 334 g/mol. The fourth-order valence-electron chi connectivity index (χ4n) is 2.49. The van der Waals surface area contributed by atoms with Gasteiger partial charge in [-0.05, 0) is 29.8 Å². The number of aromatic nitrogens is 1. The first-order valence-corrected chi connectivity index (χ1v) is 8.03. The lowest BCUT2D eigenvalue weighted by atomic mass is 10.1. The van der Waals surface area contributed by atoms with Gasteiger partial charge in [0.1, 0.15) is 12.3 Å². The molecule has 0 amide bonds. The summed E-state index contributed by atoms with van der Waals surface area (Å²) in [5, 5.41) is 3.93. The van der Waals surface area contributed by atoms with Crippen molar-refractivity contribution in [3.8, 4) is 22.8 Å². The lowest BCUT2D eigenvalue weighted by Crippen LogP contribution is -2.00. The highest BCUT2D eigenvalue weighted by atomic mass is 16.7. The van der Waals surface area contributed by atoms with Crippen molar-refractivity contribution < 1.29 is 23.5 Å². The van der Waals surface area contributed by atoms with Crippen LogP contribution < -0.4 is 9.47 Å². The van der Waals surface area contributed by atoms with Crippen LogP contribution in [0.5, 0.6) is 11.5 Å². The largest absolute Gasteiger partial charge is 0.456 e. The highest BCUT2D eigenvalue weighted by Gasteiger charge is 2.16. The molecule has 0 fully saturated rings. The van der Waals surface area contributed by atoms with Crippen molar-refractivity contribution in [1.82, 2.24) is 5.16 Å². The topological polar surface area (TPSA) is 70.8 Å². The molecule has 0 bridgehead atoms. The Morgan fingerprint density at radius 3 is 2.81 bits per heavy atom. The number of ether oxygens (including phenoxy) is 3. The van der Waals surface area contributed by atoms with Gasteiger partial charge in [0.25, 0.3) is 0 Å². The quantitative estimate of drug-likeness (QED) is 0.515. The molecule has 3 aromatic rings. The molecule has 26 heavy (non-hydrogen) atoms. The van der Waals surface area contributed by atoms with Gasteiger partial charge in [0.15, 0.2) is 17.3 Å². The van der Waals surface area contributed by atoms with Crippen molar-refractivity contribution in [3.63, 3.8) is 0 Å². The molecule has 0 atom stereocenters. The minimum absolute atomic E-state index is 0.0337. The van der Waals surface area contributed by atoms with Gasteiger partial charge in [0.05, 0.1) is 0 Å². The number of carbonyl (C=O) groups is 1. The van der Waals surface area contributed by atoms with Crippen molar-refractivity contribution in [2.75, 3.05) is 6.79 Å². The van der Waals surface area contributed by atoms with Gasteiger partial charge in [-0.3, -0.25) is 0 Å². The lowest BCUT2D eigenvalue weighted by Gasteiger charge is -1.98. The summed E-state index contributed by atoms with van der Waals surface area (Å²) in [7, 11) is 0. The Bertz CT molecular complexity index is 946. The number of hydrogen-bond acceptors (Lipinski definition) is 6. The van der Waals surface area contributed by atoms with E-state index in [1.54, 1.807) is 12.1 Å². The number of carbonyl (C=O) groups excluding carboxylic acids is 1. The monoisotopic (exact) mass is 349 g/mol. The number of esters is 1. The fraction of sp³-hybridized carbons (Fsp3) is 0.100. The van der Waals surface area contributed by atoms with Crippen LogP contribution in [0.25, 0.3) is 17.4 Å². The molecule has 1 aliphatic rings. The maximum Gasteiger partial charge on any atom is 0.331 e. The first-order valence-electron chi connectivity index (χ1n) is 8.03. The predicted octanol–water partition coefficient (Wildman–Crippen LogP) is 3.83. The molecule has 0 N–H and O–H groups in total. The molecular formula is C20H15NO5. The number of rotatable bonds is 5. The van der Waals surface area contributed by atoms with Gasteiger partial charge in [0, 0.05) is 17.7 Å². The summed E-state index contributed by atoms with van der Waals surface area (Å²) in [4.78, 5) is 11.8. The van der Waals surface area contributed by atoms with Gasteiger partial charge < -0.3 is 18.7 Å². The first-order chi connectivity index (χ1) is 12.8. The molecule has 0 saturated heterocycles. The summed E-state index contributed by atoms with van der Waals surface area (Å²) >= 11 is 0. The number of benzene rings is 2. The molecule has 0 spiro atoms. The molecule has 4 rings (SSSR count). The van der Waals surface area contributed by atoms with Crippen molar-refractivity contribution in [2.24, 2.45) is 0 Å². The van der Waals surface area contributed by atoms with E-state index in [2.05, 4.69) is 5.16 Å². The van der Waals surface area contributed by atoms with Crippen molar-refractivity contribution in [3.05, 3.63) is 71.9 Å². The minimum Gasteiger partial charge on any atom is -0.456 e. The Balaban J connectivity index is 1.36. The van der Waals surface area contributed by atoms with Crippen LogP contribution in [0.1, 0.15) is 11.3 Å². The van der Waals surface area contributed by atoms with Crippen LogP contribution in [0.4, 0.5) is 0 Å². The second-order valence-corrected chi connectivity index (χ2v) is 5.60. The van der Waals surface area contributed by atoms with E-state index in [9.17, 15) is 4.79 Å². The van der Waals surface area contributed by atoms with E-state index in [1.165, 1.54) is 6.08 Å². The van der Waals surface area contributed by atoms with E-state index in [1.807, 2.05) is 48.5 Å². The van der Waals surface area contributed by atoms with Crippen LogP contribution in [0.3, 0.4) is 0 Å². The summed E-state index contributed by atoms with van der Waals surface area (Å²) < 4.78 is 21.1. The van der Waals surface area contributed by atoms with Gasteiger partial charge in [-0.2, -0.15) is 0 Å². The Kier molecular flexibility index (Phi) is 4.38. The van der Waals surface area contributed by atoms with Crippen LogP contribution in [0.2, 0.25) is 0 Å². The van der Waals surface area contributed by atoms with Gasteiger partial charge >= 0.3 is 5.97 Å². The molecule has 130 valence electrons. The second kappa shape index (κ2) is 7.14. The zero-order valence-electron chi connectivity index (χ0n) is 13.8. The molecule has 1 aliphatic heterocycles. The average molecular weight is 349 g/mol. The molecule has 1 aromatic heterocycles. The first kappa shape index (κ1) is 16.0. The SMILES string of the molecule is O=C(/C=C\c1ccccc1)OCc1cc(-c2ccc3c(c2)OCO3)on1. The molecule has 0 unspecified atom stereocenters. The standard InChI is InChI=1S/C20H15NO5/c22-20(9-6-14-4-2-1-3-5-14)23-12-16-11-18(26-21-16)15-7-8-17-19(10-15)25-13-24-17/h1-11H,12-13H2/b9-6-. The molecule has 0 radical (unpaired) electrons. The third kappa shape index (κ3) is 3.59. The summed E-state index contributed by atoms with van der Waals surface area (Å²) in [5.41, 5.74) is 2.26. The van der Waals surface area contributed by atoms with Gasteiger partial charge in [-0.25, -0.2) is 4.79 Å². The van der Waals surface area contributed by atoms with Gasteiger partial charge in [-0.15, -0.1) is 0 Å². The lowest BCUT2D eigenvalue weighted by molar-refractivity contribution is -0.139. The second-order valence-electron chi connectivity index (χ2n) is 5.60. The van der Waals surface area contributed by atoms with E-state index >= 15 is 0 Å². The van der Waals surface area contributed by atoms with E-state index in [0.717, 1.165) is 11.1 Å². The van der Waals surface area contributed by atoms with Crippen molar-refractivity contribution in [2.45, 2.75) is 6.61 Å². The highest BCUT2D eigenvalue weighted by molar-refractivity contribution is 5.87. The predicted molar refractivity (Wildman–Crippen MR) is 93.3 cm³/mol.